The van der Waals surface area contributed by atoms with Gasteiger partial charge in [-0.1, -0.05) is 37.4 Å². The van der Waals surface area contributed by atoms with Gasteiger partial charge in [-0.3, -0.25) is 19.3 Å². The maximum atomic E-state index is 12.9. The Labute approximate surface area is 172 Å². The Kier molecular flexibility index (Phi) is 5.78. The Morgan fingerprint density at radius 3 is 2.40 bits per heavy atom. The van der Waals surface area contributed by atoms with Crippen molar-refractivity contribution in [1.29, 1.82) is 0 Å². The summed E-state index contributed by atoms with van der Waals surface area (Å²) in [7, 11) is 1.16. The van der Waals surface area contributed by atoms with Crippen LogP contribution in [0.5, 0.6) is 0 Å². The van der Waals surface area contributed by atoms with Crippen LogP contribution in [0.2, 0.25) is 0 Å². The fraction of sp³-hybridized carbons (Fsp3) is 0.0909. The summed E-state index contributed by atoms with van der Waals surface area (Å²) in [5, 5.41) is 4.85. The van der Waals surface area contributed by atoms with Gasteiger partial charge < -0.3 is 15.4 Å². The zero-order chi connectivity index (χ0) is 21.8. The summed E-state index contributed by atoms with van der Waals surface area (Å²) in [5.74, 6) is -1.88. The number of rotatable bonds is 7. The van der Waals surface area contributed by atoms with Gasteiger partial charge in [0, 0.05) is 11.3 Å². The van der Waals surface area contributed by atoms with Crippen LogP contribution in [0.25, 0.3) is 11.1 Å². The first-order valence-corrected chi connectivity index (χ1v) is 8.89. The smallest absolute Gasteiger partial charge is 0.353 e. The number of methoxy groups -OCH3 is 1. The number of anilines is 1. The molecular formula is C22H19N3O5. The van der Waals surface area contributed by atoms with Gasteiger partial charge in [-0.15, -0.1) is 0 Å². The van der Waals surface area contributed by atoms with E-state index < -0.39 is 11.9 Å². The molecule has 1 aliphatic heterocycles. The summed E-state index contributed by atoms with van der Waals surface area (Å²) in [6, 6.07) is 12.5. The molecular weight excluding hydrogens is 386 g/mol. The molecule has 0 unspecified atom stereocenters. The molecule has 2 aromatic carbocycles. The van der Waals surface area contributed by atoms with Crippen molar-refractivity contribution in [3.05, 3.63) is 78.1 Å². The molecule has 2 N–H and O–H groups in total. The number of carbonyl (C=O) groups excluding carboxylic acids is 4. The molecule has 0 spiro atoms. The predicted molar refractivity (Wildman–Crippen MR) is 110 cm³/mol. The van der Waals surface area contributed by atoms with E-state index in [0.29, 0.717) is 17.7 Å². The number of amides is 3. The van der Waals surface area contributed by atoms with Gasteiger partial charge in [-0.25, -0.2) is 4.79 Å². The third-order valence-corrected chi connectivity index (χ3v) is 4.67. The standard InChI is InChI=1S/C22H19N3O5/c1-13(22(29)30-3)24-20(27)14(2)25-11-19-17(5-4-6-18(19)21(25)28)15-7-9-16(10-8-15)23-12-26/h4-10,12H,1-2,11H2,3H3,(H,23,26)(H,24,27). The number of ether oxygens (including phenoxy) is 1. The maximum absolute atomic E-state index is 12.9. The summed E-state index contributed by atoms with van der Waals surface area (Å²) in [5.41, 5.74) is 3.17. The van der Waals surface area contributed by atoms with Crippen molar-refractivity contribution in [2.24, 2.45) is 0 Å². The molecule has 152 valence electrons. The highest BCUT2D eigenvalue weighted by atomic mass is 16.5. The number of carbonyl (C=O) groups is 4. The van der Waals surface area contributed by atoms with Crippen LogP contribution in [0.1, 0.15) is 15.9 Å². The van der Waals surface area contributed by atoms with Crippen molar-refractivity contribution >= 4 is 29.9 Å². The molecule has 3 rings (SSSR count). The molecule has 0 aliphatic carbocycles. The Morgan fingerprint density at radius 2 is 1.77 bits per heavy atom. The first-order chi connectivity index (χ1) is 14.4. The summed E-state index contributed by atoms with van der Waals surface area (Å²) in [4.78, 5) is 48.5. The average molecular weight is 405 g/mol. The molecule has 0 saturated heterocycles. The van der Waals surface area contributed by atoms with E-state index in [4.69, 9.17) is 0 Å². The summed E-state index contributed by atoms with van der Waals surface area (Å²) >= 11 is 0. The van der Waals surface area contributed by atoms with Crippen LogP contribution < -0.4 is 10.6 Å². The topological polar surface area (TPSA) is 105 Å². The third-order valence-electron chi connectivity index (χ3n) is 4.67. The lowest BCUT2D eigenvalue weighted by Gasteiger charge is -2.18. The van der Waals surface area contributed by atoms with E-state index in [1.807, 2.05) is 18.2 Å². The fourth-order valence-electron chi connectivity index (χ4n) is 3.14. The largest absolute Gasteiger partial charge is 0.464 e. The second-order valence-corrected chi connectivity index (χ2v) is 6.43. The maximum Gasteiger partial charge on any atom is 0.353 e. The minimum absolute atomic E-state index is 0.113. The van der Waals surface area contributed by atoms with E-state index in [-0.39, 0.29) is 23.8 Å². The van der Waals surface area contributed by atoms with Crippen LogP contribution in [-0.4, -0.2) is 36.2 Å². The monoisotopic (exact) mass is 405 g/mol. The van der Waals surface area contributed by atoms with Gasteiger partial charge in [-0.05, 0) is 34.9 Å². The third kappa shape index (κ3) is 3.83. The van der Waals surface area contributed by atoms with E-state index in [2.05, 4.69) is 28.5 Å². The van der Waals surface area contributed by atoms with Crippen LogP contribution in [0.15, 0.2) is 67.0 Å². The molecule has 30 heavy (non-hydrogen) atoms. The number of esters is 1. The van der Waals surface area contributed by atoms with Crippen LogP contribution in [-0.2, 0) is 25.7 Å². The fourth-order valence-corrected chi connectivity index (χ4v) is 3.14. The van der Waals surface area contributed by atoms with Crippen molar-refractivity contribution in [2.75, 3.05) is 12.4 Å². The molecule has 0 radical (unpaired) electrons. The summed E-state index contributed by atoms with van der Waals surface area (Å²) in [6.45, 7) is 7.28. The van der Waals surface area contributed by atoms with E-state index in [0.717, 1.165) is 23.8 Å². The Morgan fingerprint density at radius 1 is 1.10 bits per heavy atom. The molecule has 8 nitrogen and oxygen atoms in total. The molecule has 0 fully saturated rings. The lowest BCUT2D eigenvalue weighted by Crippen LogP contribution is -2.36. The Balaban J connectivity index is 1.84. The molecule has 3 amide bonds. The second-order valence-electron chi connectivity index (χ2n) is 6.43. The van der Waals surface area contributed by atoms with Gasteiger partial charge in [0.2, 0.25) is 6.41 Å². The van der Waals surface area contributed by atoms with E-state index in [9.17, 15) is 19.2 Å². The Bertz CT molecular complexity index is 1070. The van der Waals surface area contributed by atoms with Crippen molar-refractivity contribution in [2.45, 2.75) is 6.54 Å². The van der Waals surface area contributed by atoms with Gasteiger partial charge in [-0.2, -0.15) is 0 Å². The van der Waals surface area contributed by atoms with Crippen LogP contribution in [0.3, 0.4) is 0 Å². The molecule has 1 heterocycles. The van der Waals surface area contributed by atoms with Gasteiger partial charge in [0.1, 0.15) is 11.4 Å². The first-order valence-electron chi connectivity index (χ1n) is 8.89. The first kappa shape index (κ1) is 20.5. The average Bonchev–Trinajstić information content (AvgIpc) is 3.10. The van der Waals surface area contributed by atoms with Gasteiger partial charge in [0.05, 0.1) is 13.7 Å². The SMILES string of the molecule is C=C(NC(=O)C(=C)N1Cc2c(cccc2-c2ccc(NC=O)cc2)C1=O)C(=O)OC. The highest BCUT2D eigenvalue weighted by Crippen LogP contribution is 2.34. The van der Waals surface area contributed by atoms with E-state index in [1.165, 1.54) is 4.90 Å². The van der Waals surface area contributed by atoms with Crippen molar-refractivity contribution in [1.82, 2.24) is 10.2 Å². The minimum Gasteiger partial charge on any atom is -0.464 e. The highest BCUT2D eigenvalue weighted by Gasteiger charge is 2.33. The lowest BCUT2D eigenvalue weighted by atomic mass is 9.97. The summed E-state index contributed by atoms with van der Waals surface area (Å²) in [6.07, 6.45) is 0.595. The quantitative estimate of drug-likeness (QED) is 0.417. The highest BCUT2D eigenvalue weighted by molar-refractivity contribution is 6.07. The molecule has 0 saturated carbocycles. The molecule has 2 aromatic rings. The Hall–Kier alpha value is -4.20. The molecule has 0 aromatic heterocycles. The predicted octanol–water partition coefficient (Wildman–Crippen LogP) is 2.19. The van der Waals surface area contributed by atoms with Crippen molar-refractivity contribution < 1.29 is 23.9 Å². The van der Waals surface area contributed by atoms with Crippen LogP contribution in [0.4, 0.5) is 5.69 Å². The summed E-state index contributed by atoms with van der Waals surface area (Å²) < 4.78 is 4.49. The molecule has 0 bridgehead atoms. The van der Waals surface area contributed by atoms with Gasteiger partial charge >= 0.3 is 5.97 Å². The lowest BCUT2D eigenvalue weighted by molar-refractivity contribution is -0.137. The number of nitrogens with one attached hydrogen (secondary N) is 2. The number of benzene rings is 2. The normalized spacial score (nSPS) is 12.0. The number of nitrogens with zero attached hydrogens (tertiary/aromatic N) is 1. The molecule has 0 atom stereocenters. The van der Waals surface area contributed by atoms with E-state index >= 15 is 0 Å². The number of hydrogen-bond acceptors (Lipinski definition) is 5. The van der Waals surface area contributed by atoms with E-state index in [1.54, 1.807) is 24.3 Å². The number of fused-ring (bicyclic) bond motifs is 1. The van der Waals surface area contributed by atoms with Gasteiger partial charge in [0.25, 0.3) is 11.8 Å². The minimum atomic E-state index is -0.790. The van der Waals surface area contributed by atoms with Gasteiger partial charge in [0.15, 0.2) is 0 Å². The van der Waals surface area contributed by atoms with Crippen molar-refractivity contribution in [3.63, 3.8) is 0 Å². The van der Waals surface area contributed by atoms with Crippen LogP contribution in [0, 0.1) is 0 Å². The second kappa shape index (κ2) is 8.44. The molecule has 8 heteroatoms. The zero-order valence-electron chi connectivity index (χ0n) is 16.2. The number of hydrogen-bond donors (Lipinski definition) is 2. The van der Waals surface area contributed by atoms with Crippen molar-refractivity contribution in [3.8, 4) is 11.1 Å². The van der Waals surface area contributed by atoms with Crippen LogP contribution >= 0.6 is 0 Å². The zero-order valence-corrected chi connectivity index (χ0v) is 16.2. The molecule has 1 aliphatic rings.